The number of carbonyl (C=O) groups is 1. The molecule has 2 heterocycles. The summed E-state index contributed by atoms with van der Waals surface area (Å²) in [6, 6.07) is 10.9. The lowest BCUT2D eigenvalue weighted by atomic mass is 10.3. The summed E-state index contributed by atoms with van der Waals surface area (Å²) in [5.74, 6) is 2.39. The van der Waals surface area contributed by atoms with Crippen LogP contribution in [-0.2, 0) is 9.53 Å². The normalized spacial score (nSPS) is 13.6. The van der Waals surface area contributed by atoms with Crippen LogP contribution < -0.4 is 23.8 Å². The number of thiazole rings is 1. The monoisotopic (exact) mass is 537 g/mol. The number of rotatable bonds is 11. The largest absolute Gasteiger partial charge is 0.497 e. The highest BCUT2D eigenvalue weighted by Crippen LogP contribution is 2.40. The van der Waals surface area contributed by atoms with Crippen molar-refractivity contribution in [3.05, 3.63) is 36.4 Å². The molecule has 0 saturated carbocycles. The third-order valence-electron chi connectivity index (χ3n) is 5.79. The Labute approximate surface area is 221 Å². The molecule has 4 rings (SSSR count). The first kappa shape index (κ1) is 27.8. The minimum Gasteiger partial charge on any atom is -0.497 e. The van der Waals surface area contributed by atoms with E-state index in [1.54, 1.807) is 38.4 Å². The second-order valence-corrected chi connectivity index (χ2v) is 8.94. The molecule has 0 bridgehead atoms. The number of methoxy groups -OCH3 is 3. The van der Waals surface area contributed by atoms with Crippen molar-refractivity contribution in [2.45, 2.75) is 6.42 Å². The first-order valence-corrected chi connectivity index (χ1v) is 12.3. The van der Waals surface area contributed by atoms with E-state index in [0.29, 0.717) is 40.2 Å². The van der Waals surface area contributed by atoms with E-state index in [9.17, 15) is 4.79 Å². The van der Waals surface area contributed by atoms with E-state index in [1.165, 1.54) is 11.3 Å². The van der Waals surface area contributed by atoms with E-state index in [1.807, 2.05) is 24.3 Å². The molecular weight excluding hydrogens is 506 g/mol. The van der Waals surface area contributed by atoms with Crippen molar-refractivity contribution in [3.63, 3.8) is 0 Å². The Morgan fingerprint density at radius 2 is 1.78 bits per heavy atom. The van der Waals surface area contributed by atoms with Gasteiger partial charge in [0.1, 0.15) is 33.2 Å². The Morgan fingerprint density at radius 3 is 2.50 bits per heavy atom. The first-order chi connectivity index (χ1) is 17.1. The smallest absolute Gasteiger partial charge is 0.266 e. The van der Waals surface area contributed by atoms with Crippen molar-refractivity contribution in [2.75, 3.05) is 72.2 Å². The molecule has 11 heteroatoms. The standard InChI is InChI=1S/C25H31N3O6S.ClH/c1-30-18-6-4-7-19(16-18)34-17-22(29)28(11-5-10-27-12-14-33-15-13-27)25-26-23-20(31-2)8-9-21(32-3)24(23)35-25;/h4,6-9,16H,5,10-15,17H2,1-3H3;1H. The second kappa shape index (κ2) is 13.5. The zero-order valence-corrected chi connectivity index (χ0v) is 22.4. The Hall–Kier alpha value is -2.79. The molecule has 3 aromatic rings. The Balaban J connectivity index is 0.00000361. The maximum absolute atomic E-state index is 13.4. The number of amides is 1. The lowest BCUT2D eigenvalue weighted by molar-refractivity contribution is -0.120. The van der Waals surface area contributed by atoms with Gasteiger partial charge in [-0.2, -0.15) is 0 Å². The third kappa shape index (κ3) is 6.70. The van der Waals surface area contributed by atoms with E-state index < -0.39 is 0 Å². The summed E-state index contributed by atoms with van der Waals surface area (Å²) < 4.78 is 28.3. The number of aromatic nitrogens is 1. The number of nitrogens with zero attached hydrogens (tertiary/aromatic N) is 3. The van der Waals surface area contributed by atoms with Gasteiger partial charge in [-0.3, -0.25) is 14.6 Å². The van der Waals surface area contributed by atoms with Gasteiger partial charge in [-0.15, -0.1) is 12.4 Å². The highest BCUT2D eigenvalue weighted by atomic mass is 35.5. The maximum atomic E-state index is 13.4. The molecule has 1 aliphatic rings. The molecule has 9 nitrogen and oxygen atoms in total. The molecule has 196 valence electrons. The summed E-state index contributed by atoms with van der Waals surface area (Å²) >= 11 is 1.41. The van der Waals surface area contributed by atoms with Gasteiger partial charge in [-0.25, -0.2) is 4.98 Å². The summed E-state index contributed by atoms with van der Waals surface area (Å²) in [4.78, 5) is 22.2. The highest BCUT2D eigenvalue weighted by molar-refractivity contribution is 7.22. The van der Waals surface area contributed by atoms with Crippen LogP contribution in [0.15, 0.2) is 36.4 Å². The van der Waals surface area contributed by atoms with Crippen LogP contribution in [0.5, 0.6) is 23.0 Å². The van der Waals surface area contributed by atoms with Crippen molar-refractivity contribution < 1.29 is 28.5 Å². The van der Waals surface area contributed by atoms with Gasteiger partial charge in [0.05, 0.1) is 34.5 Å². The molecular formula is C25H32ClN3O6S. The topological polar surface area (TPSA) is 82.6 Å². The fourth-order valence-corrected chi connectivity index (χ4v) is 5.03. The highest BCUT2D eigenvalue weighted by Gasteiger charge is 2.23. The van der Waals surface area contributed by atoms with Crippen molar-refractivity contribution in [3.8, 4) is 23.0 Å². The fraction of sp³-hybridized carbons (Fsp3) is 0.440. The summed E-state index contributed by atoms with van der Waals surface area (Å²) in [5.41, 5.74) is 0.673. The van der Waals surface area contributed by atoms with E-state index in [0.717, 1.165) is 44.0 Å². The molecule has 0 aliphatic carbocycles. The molecule has 1 fully saturated rings. The quantitative estimate of drug-likeness (QED) is 0.364. The SMILES string of the molecule is COc1cccc(OCC(=O)N(CCCN2CCOCC2)c2nc3c(OC)ccc(OC)c3s2)c1.Cl. The second-order valence-electron chi connectivity index (χ2n) is 7.96. The van der Waals surface area contributed by atoms with Crippen LogP contribution in [0.4, 0.5) is 5.13 Å². The third-order valence-corrected chi connectivity index (χ3v) is 6.89. The van der Waals surface area contributed by atoms with Gasteiger partial charge in [-0.1, -0.05) is 17.4 Å². The predicted octanol–water partition coefficient (Wildman–Crippen LogP) is 3.88. The number of hydrogen-bond acceptors (Lipinski definition) is 9. The summed E-state index contributed by atoms with van der Waals surface area (Å²) in [6.07, 6.45) is 0.801. The molecule has 0 radical (unpaired) electrons. The van der Waals surface area contributed by atoms with Gasteiger partial charge < -0.3 is 23.7 Å². The number of anilines is 1. The van der Waals surface area contributed by atoms with E-state index in [4.69, 9.17) is 28.7 Å². The van der Waals surface area contributed by atoms with Crippen LogP contribution in [0.2, 0.25) is 0 Å². The predicted molar refractivity (Wildman–Crippen MR) is 143 cm³/mol. The van der Waals surface area contributed by atoms with Gasteiger partial charge in [0, 0.05) is 32.2 Å². The van der Waals surface area contributed by atoms with E-state index >= 15 is 0 Å². The van der Waals surface area contributed by atoms with Crippen LogP contribution in [0.1, 0.15) is 6.42 Å². The van der Waals surface area contributed by atoms with Gasteiger partial charge in [0.2, 0.25) is 0 Å². The molecule has 0 atom stereocenters. The lowest BCUT2D eigenvalue weighted by Crippen LogP contribution is -2.40. The molecule has 2 aromatic carbocycles. The number of hydrogen-bond donors (Lipinski definition) is 0. The molecule has 1 amide bonds. The lowest BCUT2D eigenvalue weighted by Gasteiger charge is -2.27. The minimum atomic E-state index is -0.174. The summed E-state index contributed by atoms with van der Waals surface area (Å²) in [5, 5.41) is 0.587. The van der Waals surface area contributed by atoms with Gasteiger partial charge in [0.25, 0.3) is 5.91 Å². The van der Waals surface area contributed by atoms with Crippen LogP contribution in [0, 0.1) is 0 Å². The average Bonchev–Trinajstić information content (AvgIpc) is 3.35. The van der Waals surface area contributed by atoms with E-state index in [-0.39, 0.29) is 24.9 Å². The molecule has 36 heavy (non-hydrogen) atoms. The molecule has 0 N–H and O–H groups in total. The number of benzene rings is 2. The number of morpholine rings is 1. The number of ether oxygens (including phenoxy) is 5. The van der Waals surface area contributed by atoms with Crippen LogP contribution >= 0.6 is 23.7 Å². The van der Waals surface area contributed by atoms with Crippen molar-refractivity contribution in [1.29, 1.82) is 0 Å². The van der Waals surface area contributed by atoms with Gasteiger partial charge in [0.15, 0.2) is 11.7 Å². The summed E-state index contributed by atoms with van der Waals surface area (Å²) in [7, 11) is 4.82. The van der Waals surface area contributed by atoms with Gasteiger partial charge >= 0.3 is 0 Å². The van der Waals surface area contributed by atoms with E-state index in [2.05, 4.69) is 4.90 Å². The minimum absolute atomic E-state index is 0. The Bertz CT molecular complexity index is 1100. The molecule has 1 aromatic heterocycles. The number of carbonyl (C=O) groups excluding carboxylic acids is 1. The molecule has 1 aliphatic heterocycles. The Morgan fingerprint density at radius 1 is 1.06 bits per heavy atom. The van der Waals surface area contributed by atoms with Crippen molar-refractivity contribution in [1.82, 2.24) is 9.88 Å². The van der Waals surface area contributed by atoms with Crippen LogP contribution in [0.25, 0.3) is 10.2 Å². The first-order valence-electron chi connectivity index (χ1n) is 11.5. The number of halogens is 1. The van der Waals surface area contributed by atoms with Crippen LogP contribution in [0.3, 0.4) is 0 Å². The summed E-state index contributed by atoms with van der Waals surface area (Å²) in [6.45, 7) is 4.58. The van der Waals surface area contributed by atoms with Gasteiger partial charge in [-0.05, 0) is 30.7 Å². The zero-order chi connectivity index (χ0) is 24.6. The average molecular weight is 538 g/mol. The Kier molecular flexibility index (Phi) is 10.4. The molecule has 0 unspecified atom stereocenters. The molecule has 0 spiro atoms. The maximum Gasteiger partial charge on any atom is 0.266 e. The zero-order valence-electron chi connectivity index (χ0n) is 20.7. The van der Waals surface area contributed by atoms with Crippen molar-refractivity contribution >= 4 is 45.0 Å². The molecule has 1 saturated heterocycles. The number of fused-ring (bicyclic) bond motifs is 1. The van der Waals surface area contributed by atoms with Crippen LogP contribution in [-0.4, -0.2) is 83.1 Å². The fourth-order valence-electron chi connectivity index (χ4n) is 3.91. The van der Waals surface area contributed by atoms with Crippen molar-refractivity contribution in [2.24, 2.45) is 0 Å².